The molecule has 1 aliphatic carbocycles. The van der Waals surface area contributed by atoms with Gasteiger partial charge in [0, 0.05) is 17.6 Å². The molecule has 1 aliphatic rings. The molecule has 106 valence electrons. The van der Waals surface area contributed by atoms with Gasteiger partial charge in [-0.25, -0.2) is 0 Å². The Morgan fingerprint density at radius 2 is 1.95 bits per heavy atom. The first kappa shape index (κ1) is 14.8. The number of aliphatic hydroxyl groups excluding tert-OH is 1. The monoisotopic (exact) mass is 283 g/mol. The van der Waals surface area contributed by atoms with E-state index in [0.717, 1.165) is 10.6 Å². The number of hydrogen-bond acceptors (Lipinski definition) is 3. The SMILES string of the molecule is OC(CNC1CCCC1)COCc1ccc(Cl)cc1. The third kappa shape index (κ3) is 5.49. The van der Waals surface area contributed by atoms with E-state index >= 15 is 0 Å². The highest BCUT2D eigenvalue weighted by Crippen LogP contribution is 2.17. The summed E-state index contributed by atoms with van der Waals surface area (Å²) in [6, 6.07) is 8.15. The second-order valence-electron chi connectivity index (χ2n) is 5.19. The van der Waals surface area contributed by atoms with Crippen molar-refractivity contribution in [2.24, 2.45) is 0 Å². The average molecular weight is 284 g/mol. The third-order valence-electron chi connectivity index (χ3n) is 3.49. The molecule has 0 aromatic heterocycles. The number of aliphatic hydroxyl groups is 1. The number of rotatable bonds is 7. The van der Waals surface area contributed by atoms with Gasteiger partial charge in [0.25, 0.3) is 0 Å². The quantitative estimate of drug-likeness (QED) is 0.808. The molecule has 2 rings (SSSR count). The van der Waals surface area contributed by atoms with Gasteiger partial charge in [-0.1, -0.05) is 36.6 Å². The lowest BCUT2D eigenvalue weighted by Crippen LogP contribution is -2.36. The predicted molar refractivity (Wildman–Crippen MR) is 77.4 cm³/mol. The van der Waals surface area contributed by atoms with Gasteiger partial charge in [-0.3, -0.25) is 0 Å². The smallest absolute Gasteiger partial charge is 0.0897 e. The molecule has 1 saturated carbocycles. The van der Waals surface area contributed by atoms with Crippen LogP contribution >= 0.6 is 11.6 Å². The normalized spacial score (nSPS) is 17.8. The molecule has 19 heavy (non-hydrogen) atoms. The lowest BCUT2D eigenvalue weighted by molar-refractivity contribution is 0.0277. The molecule has 0 aliphatic heterocycles. The number of nitrogens with one attached hydrogen (secondary N) is 1. The highest BCUT2D eigenvalue weighted by atomic mass is 35.5. The molecule has 0 radical (unpaired) electrons. The molecule has 1 aromatic rings. The number of hydrogen-bond donors (Lipinski definition) is 2. The Balaban J connectivity index is 1.58. The molecule has 0 amide bonds. The first-order valence-electron chi connectivity index (χ1n) is 6.97. The summed E-state index contributed by atoms with van der Waals surface area (Å²) in [5.41, 5.74) is 1.07. The predicted octanol–water partition coefficient (Wildman–Crippen LogP) is 2.75. The first-order valence-corrected chi connectivity index (χ1v) is 7.35. The van der Waals surface area contributed by atoms with Gasteiger partial charge in [0.2, 0.25) is 0 Å². The molecule has 4 heteroatoms. The van der Waals surface area contributed by atoms with E-state index in [9.17, 15) is 5.11 Å². The zero-order chi connectivity index (χ0) is 13.5. The standard InChI is InChI=1S/C15H22ClNO2/c16-13-7-5-12(6-8-13)10-19-11-15(18)9-17-14-3-1-2-4-14/h5-8,14-15,17-18H,1-4,9-11H2. The second kappa shape index (κ2) is 7.85. The topological polar surface area (TPSA) is 41.5 Å². The largest absolute Gasteiger partial charge is 0.389 e. The van der Waals surface area contributed by atoms with Crippen molar-refractivity contribution in [2.75, 3.05) is 13.2 Å². The fourth-order valence-corrected chi connectivity index (χ4v) is 2.51. The molecule has 3 nitrogen and oxygen atoms in total. The van der Waals surface area contributed by atoms with Crippen LogP contribution in [0.2, 0.25) is 5.02 Å². The van der Waals surface area contributed by atoms with Crippen LogP contribution in [0.5, 0.6) is 0 Å². The fourth-order valence-electron chi connectivity index (χ4n) is 2.39. The van der Waals surface area contributed by atoms with E-state index in [-0.39, 0.29) is 0 Å². The van der Waals surface area contributed by atoms with Crippen molar-refractivity contribution in [1.82, 2.24) is 5.32 Å². The molecule has 1 aromatic carbocycles. The summed E-state index contributed by atoms with van der Waals surface area (Å²) < 4.78 is 5.50. The summed E-state index contributed by atoms with van der Waals surface area (Å²) >= 11 is 5.81. The van der Waals surface area contributed by atoms with Gasteiger partial charge in [-0.2, -0.15) is 0 Å². The summed E-state index contributed by atoms with van der Waals surface area (Å²) in [6.45, 7) is 1.49. The van der Waals surface area contributed by atoms with E-state index in [1.54, 1.807) is 0 Å². The summed E-state index contributed by atoms with van der Waals surface area (Å²) in [5, 5.41) is 13.9. The van der Waals surface area contributed by atoms with Gasteiger partial charge < -0.3 is 15.2 Å². The van der Waals surface area contributed by atoms with Gasteiger partial charge in [0.1, 0.15) is 0 Å². The van der Waals surface area contributed by atoms with E-state index < -0.39 is 6.10 Å². The van der Waals surface area contributed by atoms with E-state index in [2.05, 4.69) is 5.32 Å². The van der Waals surface area contributed by atoms with Crippen LogP contribution in [0.3, 0.4) is 0 Å². The molecule has 1 unspecified atom stereocenters. The molecular weight excluding hydrogens is 262 g/mol. The summed E-state index contributed by atoms with van der Waals surface area (Å²) in [7, 11) is 0. The van der Waals surface area contributed by atoms with Crippen molar-refractivity contribution < 1.29 is 9.84 Å². The Hall–Kier alpha value is -0.610. The minimum Gasteiger partial charge on any atom is -0.389 e. The van der Waals surface area contributed by atoms with Crippen molar-refractivity contribution >= 4 is 11.6 Å². The third-order valence-corrected chi connectivity index (χ3v) is 3.74. The van der Waals surface area contributed by atoms with Crippen molar-refractivity contribution in [1.29, 1.82) is 0 Å². The molecule has 1 fully saturated rings. The Morgan fingerprint density at radius 3 is 2.63 bits per heavy atom. The average Bonchev–Trinajstić information content (AvgIpc) is 2.92. The van der Waals surface area contributed by atoms with Crippen molar-refractivity contribution in [2.45, 2.75) is 44.4 Å². The van der Waals surface area contributed by atoms with Gasteiger partial charge in [0.05, 0.1) is 19.3 Å². The minimum atomic E-state index is -0.437. The Bertz CT molecular complexity index is 363. The van der Waals surface area contributed by atoms with E-state index in [1.165, 1.54) is 25.7 Å². The fraction of sp³-hybridized carbons (Fsp3) is 0.600. The lowest BCUT2D eigenvalue weighted by Gasteiger charge is -2.16. The number of ether oxygens (including phenoxy) is 1. The zero-order valence-corrected chi connectivity index (χ0v) is 11.9. The van der Waals surface area contributed by atoms with Crippen molar-refractivity contribution in [3.05, 3.63) is 34.9 Å². The lowest BCUT2D eigenvalue weighted by atomic mass is 10.2. The van der Waals surface area contributed by atoms with Crippen LogP contribution in [0.1, 0.15) is 31.2 Å². The maximum Gasteiger partial charge on any atom is 0.0897 e. The van der Waals surface area contributed by atoms with Crippen LogP contribution in [-0.2, 0) is 11.3 Å². The van der Waals surface area contributed by atoms with E-state index in [1.807, 2.05) is 24.3 Å². The van der Waals surface area contributed by atoms with Crippen molar-refractivity contribution in [3.8, 4) is 0 Å². The second-order valence-corrected chi connectivity index (χ2v) is 5.62. The highest BCUT2D eigenvalue weighted by Gasteiger charge is 2.15. The van der Waals surface area contributed by atoms with Crippen LogP contribution in [0.15, 0.2) is 24.3 Å². The Morgan fingerprint density at radius 1 is 1.26 bits per heavy atom. The number of halogens is 1. The van der Waals surface area contributed by atoms with Crippen LogP contribution < -0.4 is 5.32 Å². The number of benzene rings is 1. The zero-order valence-electron chi connectivity index (χ0n) is 11.1. The molecule has 0 heterocycles. The van der Waals surface area contributed by atoms with Gasteiger partial charge in [0.15, 0.2) is 0 Å². The van der Waals surface area contributed by atoms with Gasteiger partial charge in [-0.05, 0) is 30.5 Å². The minimum absolute atomic E-state index is 0.363. The molecule has 1 atom stereocenters. The van der Waals surface area contributed by atoms with Crippen LogP contribution in [-0.4, -0.2) is 30.4 Å². The molecular formula is C15H22ClNO2. The summed E-state index contributed by atoms with van der Waals surface area (Å²) in [4.78, 5) is 0. The van der Waals surface area contributed by atoms with E-state index in [0.29, 0.717) is 25.8 Å². The maximum absolute atomic E-state index is 9.82. The van der Waals surface area contributed by atoms with Gasteiger partial charge in [-0.15, -0.1) is 0 Å². The van der Waals surface area contributed by atoms with Crippen LogP contribution in [0, 0.1) is 0 Å². The summed E-state index contributed by atoms with van der Waals surface area (Å²) in [5.74, 6) is 0. The van der Waals surface area contributed by atoms with Crippen molar-refractivity contribution in [3.63, 3.8) is 0 Å². The molecule has 0 bridgehead atoms. The Kier molecular flexibility index (Phi) is 6.11. The molecule has 0 spiro atoms. The summed E-state index contributed by atoms with van der Waals surface area (Å²) in [6.07, 6.45) is 4.64. The van der Waals surface area contributed by atoms with Crippen LogP contribution in [0.4, 0.5) is 0 Å². The molecule has 2 N–H and O–H groups in total. The molecule has 0 saturated heterocycles. The first-order chi connectivity index (χ1) is 9.24. The maximum atomic E-state index is 9.82. The highest BCUT2D eigenvalue weighted by molar-refractivity contribution is 6.30. The van der Waals surface area contributed by atoms with Gasteiger partial charge >= 0.3 is 0 Å². The van der Waals surface area contributed by atoms with Crippen LogP contribution in [0.25, 0.3) is 0 Å². The van der Waals surface area contributed by atoms with E-state index in [4.69, 9.17) is 16.3 Å². The Labute approximate surface area is 119 Å².